The minimum atomic E-state index is -4.62. The number of aliphatic hydroxyl groups is 3. The molecule has 342 valence electrons. The summed E-state index contributed by atoms with van der Waals surface area (Å²) in [7, 11) is -4.62. The SMILES string of the molecule is CCCCC/C=C/C/C=C/C/C=C/C/C=C/CCCC(=O)O[C@H](COC(=O)CCCC/C=C/C/C=C/C/C=C/CCCCC)CO[C@H]1O[C@H](CS(=O)(=O)O)[C@@H](O)C(O)C1O. The maximum absolute atomic E-state index is 12.8. The van der Waals surface area contributed by atoms with Gasteiger partial charge < -0.3 is 34.3 Å². The average Bonchev–Trinajstić information content (AvgIpc) is 3.21. The summed E-state index contributed by atoms with van der Waals surface area (Å²) in [6, 6.07) is 0. The highest BCUT2D eigenvalue weighted by Gasteiger charge is 2.46. The molecule has 1 aliphatic heterocycles. The minimum Gasteiger partial charge on any atom is -0.462 e. The van der Waals surface area contributed by atoms with Crippen molar-refractivity contribution in [3.8, 4) is 0 Å². The van der Waals surface area contributed by atoms with Gasteiger partial charge in [0, 0.05) is 12.8 Å². The van der Waals surface area contributed by atoms with Gasteiger partial charge in [0.25, 0.3) is 10.1 Å². The van der Waals surface area contributed by atoms with E-state index in [1.807, 2.05) is 12.2 Å². The van der Waals surface area contributed by atoms with E-state index in [1.165, 1.54) is 38.5 Å². The maximum atomic E-state index is 12.8. The van der Waals surface area contributed by atoms with Gasteiger partial charge in [-0.2, -0.15) is 8.42 Å². The number of ether oxygens (including phenoxy) is 4. The van der Waals surface area contributed by atoms with Gasteiger partial charge in [0.05, 0.1) is 6.61 Å². The number of aliphatic hydroxyl groups excluding tert-OH is 3. The van der Waals surface area contributed by atoms with Gasteiger partial charge in [0.15, 0.2) is 12.4 Å². The second-order valence-electron chi connectivity index (χ2n) is 15.0. The van der Waals surface area contributed by atoms with Gasteiger partial charge in [0.2, 0.25) is 0 Å². The summed E-state index contributed by atoms with van der Waals surface area (Å²) >= 11 is 0. The molecule has 0 aromatic heterocycles. The molecule has 2 unspecified atom stereocenters. The van der Waals surface area contributed by atoms with Crippen LogP contribution in [-0.4, -0.2) is 96.0 Å². The predicted octanol–water partition coefficient (Wildman–Crippen LogP) is 8.89. The Hall–Kier alpha value is -3.17. The van der Waals surface area contributed by atoms with Crippen molar-refractivity contribution in [1.82, 2.24) is 0 Å². The first-order chi connectivity index (χ1) is 29.0. The van der Waals surface area contributed by atoms with E-state index in [9.17, 15) is 37.9 Å². The second-order valence-corrected chi connectivity index (χ2v) is 16.5. The molecular weight excluding hydrogens is 789 g/mol. The third-order valence-electron chi connectivity index (χ3n) is 9.45. The molecule has 1 heterocycles. The van der Waals surface area contributed by atoms with E-state index < -0.39 is 71.2 Å². The number of hydrogen-bond acceptors (Lipinski definition) is 11. The van der Waals surface area contributed by atoms with Crippen LogP contribution >= 0.6 is 0 Å². The number of unbranched alkanes of at least 4 members (excludes halogenated alkanes) is 9. The summed E-state index contributed by atoms with van der Waals surface area (Å²) in [5.41, 5.74) is 0. The van der Waals surface area contributed by atoms with Gasteiger partial charge >= 0.3 is 11.9 Å². The molecule has 0 spiro atoms. The van der Waals surface area contributed by atoms with Crippen molar-refractivity contribution in [1.29, 1.82) is 0 Å². The first kappa shape index (κ1) is 54.8. The number of carbonyl (C=O) groups excluding carboxylic acids is 2. The van der Waals surface area contributed by atoms with E-state index >= 15 is 0 Å². The molecule has 1 saturated heterocycles. The Labute approximate surface area is 360 Å². The minimum absolute atomic E-state index is 0.0752. The molecule has 1 rings (SSSR count). The smallest absolute Gasteiger partial charge is 0.306 e. The zero-order valence-electron chi connectivity index (χ0n) is 36.3. The molecule has 0 aromatic rings. The summed E-state index contributed by atoms with van der Waals surface area (Å²) in [5, 5.41) is 30.8. The van der Waals surface area contributed by atoms with Gasteiger partial charge in [0.1, 0.15) is 36.8 Å². The molecule has 0 aliphatic carbocycles. The van der Waals surface area contributed by atoms with Crippen molar-refractivity contribution in [3.05, 3.63) is 85.1 Å². The zero-order chi connectivity index (χ0) is 44.1. The van der Waals surface area contributed by atoms with Crippen molar-refractivity contribution in [2.45, 2.75) is 179 Å². The van der Waals surface area contributed by atoms with Crippen LogP contribution in [0, 0.1) is 0 Å². The van der Waals surface area contributed by atoms with Crippen molar-refractivity contribution >= 4 is 22.1 Å². The van der Waals surface area contributed by atoms with Crippen molar-refractivity contribution in [3.63, 3.8) is 0 Å². The van der Waals surface area contributed by atoms with Crippen LogP contribution < -0.4 is 0 Å². The fourth-order valence-corrected chi connectivity index (χ4v) is 6.66. The van der Waals surface area contributed by atoms with Gasteiger partial charge in [-0.3, -0.25) is 14.1 Å². The van der Waals surface area contributed by atoms with Crippen LogP contribution in [-0.2, 0) is 38.7 Å². The maximum Gasteiger partial charge on any atom is 0.306 e. The Morgan fingerprint density at radius 1 is 0.567 bits per heavy atom. The van der Waals surface area contributed by atoms with Crippen LogP contribution in [0.25, 0.3) is 0 Å². The summed E-state index contributed by atoms with van der Waals surface area (Å²) in [5.74, 6) is -2.12. The topological polar surface area (TPSA) is 186 Å². The molecule has 13 heteroatoms. The Morgan fingerprint density at radius 2 is 1.00 bits per heavy atom. The van der Waals surface area contributed by atoms with Crippen LogP contribution in [0.5, 0.6) is 0 Å². The lowest BCUT2D eigenvalue weighted by molar-refractivity contribution is -0.297. The molecule has 6 atom stereocenters. The van der Waals surface area contributed by atoms with Gasteiger partial charge in [-0.1, -0.05) is 125 Å². The molecule has 12 nitrogen and oxygen atoms in total. The lowest BCUT2D eigenvalue weighted by Gasteiger charge is -2.40. The number of carbonyl (C=O) groups is 2. The third-order valence-corrected chi connectivity index (χ3v) is 10.2. The summed E-state index contributed by atoms with van der Waals surface area (Å²) in [6.45, 7) is 3.60. The van der Waals surface area contributed by atoms with Crippen LogP contribution in [0.4, 0.5) is 0 Å². The summed E-state index contributed by atoms with van der Waals surface area (Å²) in [4.78, 5) is 25.3. The monoisotopic (exact) mass is 865 g/mol. The van der Waals surface area contributed by atoms with Crippen molar-refractivity contribution in [2.24, 2.45) is 0 Å². The van der Waals surface area contributed by atoms with Gasteiger partial charge in [-0.05, 0) is 89.9 Å². The third kappa shape index (κ3) is 30.8. The normalized spacial score (nSPS) is 20.9. The van der Waals surface area contributed by atoms with E-state index in [0.717, 1.165) is 57.8 Å². The number of rotatable bonds is 35. The molecule has 1 aliphatic rings. The van der Waals surface area contributed by atoms with E-state index in [4.69, 9.17) is 18.9 Å². The highest BCUT2D eigenvalue weighted by molar-refractivity contribution is 7.85. The Morgan fingerprint density at radius 3 is 1.47 bits per heavy atom. The standard InChI is InChI=1S/C47H76O12S/c1-3-5-7-9-11-13-15-17-19-20-22-24-26-28-30-32-34-36-43(49)58-40(38-57-47-46(52)45(51)44(50)41(59-47)39-60(53,54)55)37-56-42(48)35-33-31-29-27-25-23-21-18-16-14-12-10-8-6-4-2/h11-14,17-19,21-22,24-25,27-28,30,40-41,44-47,50-52H,3-10,15-16,20,23,26,29,31-39H2,1-2H3,(H,53,54,55)/b13-11+,14-12+,19-17+,21-18+,24-22+,27-25+,30-28+/t40-,41-,44-,45?,46?,47+/m1/s1. The van der Waals surface area contributed by atoms with E-state index in [-0.39, 0.29) is 19.4 Å². The van der Waals surface area contributed by atoms with Crippen LogP contribution in [0.1, 0.15) is 142 Å². The molecule has 60 heavy (non-hydrogen) atoms. The average molecular weight is 865 g/mol. The number of esters is 2. The van der Waals surface area contributed by atoms with Crippen LogP contribution in [0.3, 0.4) is 0 Å². The zero-order valence-corrected chi connectivity index (χ0v) is 37.1. The van der Waals surface area contributed by atoms with Gasteiger partial charge in [-0.15, -0.1) is 0 Å². The fourth-order valence-electron chi connectivity index (χ4n) is 5.97. The summed E-state index contributed by atoms with van der Waals surface area (Å²) < 4.78 is 53.9. The Balaban J connectivity index is 2.55. The molecule has 0 amide bonds. The van der Waals surface area contributed by atoms with Crippen LogP contribution in [0.15, 0.2) is 85.1 Å². The fraction of sp³-hybridized carbons (Fsp3) is 0.660. The Bertz CT molecular complexity index is 1430. The van der Waals surface area contributed by atoms with Gasteiger partial charge in [-0.25, -0.2) is 0 Å². The second kappa shape index (κ2) is 36.5. The summed E-state index contributed by atoms with van der Waals surface area (Å²) in [6.07, 6.45) is 37.8. The van der Waals surface area contributed by atoms with E-state index in [0.29, 0.717) is 19.3 Å². The molecule has 0 saturated carbocycles. The van der Waals surface area contributed by atoms with Crippen LogP contribution in [0.2, 0.25) is 0 Å². The highest BCUT2D eigenvalue weighted by Crippen LogP contribution is 2.24. The first-order valence-electron chi connectivity index (χ1n) is 22.1. The molecule has 0 bridgehead atoms. The molecule has 1 fully saturated rings. The van der Waals surface area contributed by atoms with Crippen molar-refractivity contribution < 1.29 is 56.8 Å². The number of hydrogen-bond donors (Lipinski definition) is 4. The lowest BCUT2D eigenvalue weighted by Crippen LogP contribution is -2.60. The highest BCUT2D eigenvalue weighted by atomic mass is 32.2. The lowest BCUT2D eigenvalue weighted by atomic mass is 10.00. The largest absolute Gasteiger partial charge is 0.462 e. The number of allylic oxidation sites excluding steroid dienone is 14. The molecule has 0 radical (unpaired) electrons. The van der Waals surface area contributed by atoms with Crippen molar-refractivity contribution in [2.75, 3.05) is 19.0 Å². The van der Waals surface area contributed by atoms with E-state index in [1.54, 1.807) is 0 Å². The first-order valence-corrected chi connectivity index (χ1v) is 23.8. The molecular formula is C47H76O12S. The molecule has 4 N–H and O–H groups in total. The Kier molecular flexibility index (Phi) is 33.3. The predicted molar refractivity (Wildman–Crippen MR) is 238 cm³/mol. The van der Waals surface area contributed by atoms with E-state index in [2.05, 4.69) is 86.8 Å². The molecule has 0 aromatic carbocycles. The quantitative estimate of drug-likeness (QED) is 0.0206.